The molecule has 2 N–H and O–H groups in total. The van der Waals surface area contributed by atoms with Crippen molar-refractivity contribution in [3.05, 3.63) is 18.5 Å². The topological polar surface area (TPSA) is 50.1 Å². The van der Waals surface area contributed by atoms with Crippen LogP contribution in [0.4, 0.5) is 0 Å². The van der Waals surface area contributed by atoms with Crippen LogP contribution >= 0.6 is 0 Å². The Labute approximate surface area is 96.7 Å². The van der Waals surface area contributed by atoms with E-state index in [4.69, 9.17) is 0 Å². The fourth-order valence-electron chi connectivity index (χ4n) is 2.41. The van der Waals surface area contributed by atoms with E-state index in [1.165, 1.54) is 6.42 Å². The molecule has 0 aliphatic heterocycles. The molecular formula is C12H21N3O. The molecule has 4 heteroatoms. The van der Waals surface area contributed by atoms with Gasteiger partial charge in [0, 0.05) is 24.5 Å². The number of aliphatic hydroxyl groups is 1. The molecule has 0 bridgehead atoms. The lowest BCUT2D eigenvalue weighted by Crippen LogP contribution is -2.47. The van der Waals surface area contributed by atoms with Gasteiger partial charge < -0.3 is 10.4 Å². The summed E-state index contributed by atoms with van der Waals surface area (Å²) in [6.45, 7) is 3.00. The van der Waals surface area contributed by atoms with Crippen molar-refractivity contribution in [2.24, 2.45) is 0 Å². The number of nitrogens with one attached hydrogen (secondary N) is 1. The molecule has 90 valence electrons. The maximum atomic E-state index is 9.86. The summed E-state index contributed by atoms with van der Waals surface area (Å²) in [5.74, 6) is 0. The standard InChI is InChI=1S/C12H21N3O/c1-10(9-15-8-4-7-13-15)14-11-5-2-3-6-12(11)16/h4,7-8,10-12,14,16H,2-3,5-6,9H2,1H3. The Bertz CT molecular complexity index is 299. The number of hydrogen-bond acceptors (Lipinski definition) is 3. The number of nitrogens with zero attached hydrogens (tertiary/aromatic N) is 2. The quantitative estimate of drug-likeness (QED) is 0.805. The van der Waals surface area contributed by atoms with E-state index in [9.17, 15) is 5.11 Å². The molecule has 1 aromatic heterocycles. The minimum absolute atomic E-state index is 0.172. The van der Waals surface area contributed by atoms with Crippen LogP contribution < -0.4 is 5.32 Å². The SMILES string of the molecule is CC(Cn1cccn1)NC1CCCCC1O. The largest absolute Gasteiger partial charge is 0.392 e. The Morgan fingerprint density at radius 3 is 3.00 bits per heavy atom. The predicted octanol–water partition coefficient (Wildman–Crippen LogP) is 1.16. The summed E-state index contributed by atoms with van der Waals surface area (Å²) in [6.07, 6.45) is 8.00. The Kier molecular flexibility index (Phi) is 3.96. The number of aromatic nitrogens is 2. The van der Waals surface area contributed by atoms with Crippen LogP contribution in [0.5, 0.6) is 0 Å². The highest BCUT2D eigenvalue weighted by Gasteiger charge is 2.23. The third-order valence-corrected chi connectivity index (χ3v) is 3.25. The second-order valence-electron chi connectivity index (χ2n) is 4.75. The molecule has 0 amide bonds. The van der Waals surface area contributed by atoms with Crippen molar-refractivity contribution in [3.63, 3.8) is 0 Å². The second kappa shape index (κ2) is 5.46. The lowest BCUT2D eigenvalue weighted by Gasteiger charge is -2.31. The average Bonchev–Trinajstić information content (AvgIpc) is 2.74. The van der Waals surface area contributed by atoms with Crippen molar-refractivity contribution in [3.8, 4) is 0 Å². The van der Waals surface area contributed by atoms with Crippen LogP contribution in [0.2, 0.25) is 0 Å². The van der Waals surface area contributed by atoms with Crippen LogP contribution in [0, 0.1) is 0 Å². The summed E-state index contributed by atoms with van der Waals surface area (Å²) < 4.78 is 1.92. The van der Waals surface area contributed by atoms with Crippen LogP contribution in [0.15, 0.2) is 18.5 Å². The van der Waals surface area contributed by atoms with Gasteiger partial charge in [0.25, 0.3) is 0 Å². The molecule has 3 atom stereocenters. The van der Waals surface area contributed by atoms with Crippen molar-refractivity contribution in [2.75, 3.05) is 0 Å². The molecule has 1 aromatic rings. The minimum Gasteiger partial charge on any atom is -0.392 e. The number of rotatable bonds is 4. The van der Waals surface area contributed by atoms with E-state index in [1.54, 1.807) is 6.20 Å². The third kappa shape index (κ3) is 3.06. The molecule has 1 heterocycles. The zero-order valence-electron chi connectivity index (χ0n) is 9.84. The van der Waals surface area contributed by atoms with E-state index in [0.717, 1.165) is 25.8 Å². The maximum absolute atomic E-state index is 9.86. The van der Waals surface area contributed by atoms with Gasteiger partial charge in [0.2, 0.25) is 0 Å². The molecule has 4 nitrogen and oxygen atoms in total. The summed E-state index contributed by atoms with van der Waals surface area (Å²) >= 11 is 0. The van der Waals surface area contributed by atoms with Gasteiger partial charge in [-0.05, 0) is 25.8 Å². The number of aliphatic hydroxyl groups excluding tert-OH is 1. The lowest BCUT2D eigenvalue weighted by atomic mass is 9.92. The normalized spacial score (nSPS) is 27.9. The summed E-state index contributed by atoms with van der Waals surface area (Å²) in [5.41, 5.74) is 0. The Morgan fingerprint density at radius 2 is 2.31 bits per heavy atom. The third-order valence-electron chi connectivity index (χ3n) is 3.25. The van der Waals surface area contributed by atoms with Gasteiger partial charge in [-0.1, -0.05) is 12.8 Å². The fourth-order valence-corrected chi connectivity index (χ4v) is 2.41. The minimum atomic E-state index is -0.172. The van der Waals surface area contributed by atoms with Crippen LogP contribution in [0.3, 0.4) is 0 Å². The highest BCUT2D eigenvalue weighted by Crippen LogP contribution is 2.18. The predicted molar refractivity (Wildman–Crippen MR) is 63.1 cm³/mol. The lowest BCUT2D eigenvalue weighted by molar-refractivity contribution is 0.0845. The fraction of sp³-hybridized carbons (Fsp3) is 0.750. The van der Waals surface area contributed by atoms with Gasteiger partial charge in [-0.2, -0.15) is 5.10 Å². The van der Waals surface area contributed by atoms with E-state index < -0.39 is 0 Å². The monoisotopic (exact) mass is 223 g/mol. The van der Waals surface area contributed by atoms with Gasteiger partial charge in [0.1, 0.15) is 0 Å². The number of hydrogen-bond donors (Lipinski definition) is 2. The molecule has 16 heavy (non-hydrogen) atoms. The first-order valence-electron chi connectivity index (χ1n) is 6.17. The van der Waals surface area contributed by atoms with Crippen molar-refractivity contribution in [1.82, 2.24) is 15.1 Å². The first kappa shape index (κ1) is 11.6. The van der Waals surface area contributed by atoms with Crippen LogP contribution in [-0.4, -0.2) is 33.1 Å². The maximum Gasteiger partial charge on any atom is 0.0693 e. The molecule has 0 saturated heterocycles. The first-order chi connectivity index (χ1) is 7.75. The molecule has 2 rings (SSSR count). The van der Waals surface area contributed by atoms with Gasteiger partial charge in [0.05, 0.1) is 12.6 Å². The van der Waals surface area contributed by atoms with Crippen molar-refractivity contribution < 1.29 is 5.11 Å². The van der Waals surface area contributed by atoms with E-state index in [2.05, 4.69) is 17.3 Å². The van der Waals surface area contributed by atoms with Gasteiger partial charge in [-0.3, -0.25) is 4.68 Å². The molecule has 1 saturated carbocycles. The van der Waals surface area contributed by atoms with Crippen molar-refractivity contribution in [2.45, 2.75) is 57.3 Å². The van der Waals surface area contributed by atoms with E-state index in [-0.39, 0.29) is 12.1 Å². The summed E-state index contributed by atoms with van der Waals surface area (Å²) in [4.78, 5) is 0. The molecule has 0 spiro atoms. The summed E-state index contributed by atoms with van der Waals surface area (Å²) in [5, 5.41) is 17.5. The van der Waals surface area contributed by atoms with Crippen LogP contribution in [-0.2, 0) is 6.54 Å². The van der Waals surface area contributed by atoms with E-state index in [0.29, 0.717) is 6.04 Å². The Hall–Kier alpha value is -0.870. The van der Waals surface area contributed by atoms with Crippen molar-refractivity contribution >= 4 is 0 Å². The van der Waals surface area contributed by atoms with Gasteiger partial charge in [0.15, 0.2) is 0 Å². The summed E-state index contributed by atoms with van der Waals surface area (Å²) in [6, 6.07) is 2.54. The van der Waals surface area contributed by atoms with Gasteiger partial charge >= 0.3 is 0 Å². The summed E-state index contributed by atoms with van der Waals surface area (Å²) in [7, 11) is 0. The molecule has 0 aromatic carbocycles. The highest BCUT2D eigenvalue weighted by molar-refractivity contribution is 4.84. The molecule has 1 fully saturated rings. The zero-order valence-corrected chi connectivity index (χ0v) is 9.84. The molecule has 1 aliphatic rings. The van der Waals surface area contributed by atoms with E-state index in [1.807, 2.05) is 16.9 Å². The van der Waals surface area contributed by atoms with Crippen LogP contribution in [0.1, 0.15) is 32.6 Å². The molecule has 0 radical (unpaired) electrons. The second-order valence-corrected chi connectivity index (χ2v) is 4.75. The zero-order chi connectivity index (χ0) is 11.4. The van der Waals surface area contributed by atoms with Gasteiger partial charge in [-0.25, -0.2) is 0 Å². The molecule has 1 aliphatic carbocycles. The Morgan fingerprint density at radius 1 is 1.50 bits per heavy atom. The average molecular weight is 223 g/mol. The Balaban J connectivity index is 1.79. The van der Waals surface area contributed by atoms with E-state index >= 15 is 0 Å². The van der Waals surface area contributed by atoms with Crippen LogP contribution in [0.25, 0.3) is 0 Å². The first-order valence-corrected chi connectivity index (χ1v) is 6.17. The highest BCUT2D eigenvalue weighted by atomic mass is 16.3. The smallest absolute Gasteiger partial charge is 0.0693 e. The molecular weight excluding hydrogens is 202 g/mol. The molecule has 3 unspecified atom stereocenters. The van der Waals surface area contributed by atoms with Crippen molar-refractivity contribution in [1.29, 1.82) is 0 Å². The van der Waals surface area contributed by atoms with Gasteiger partial charge in [-0.15, -0.1) is 0 Å².